The molecule has 0 radical (unpaired) electrons. The molecule has 0 aliphatic heterocycles. The van der Waals surface area contributed by atoms with E-state index in [0.717, 1.165) is 0 Å². The van der Waals surface area contributed by atoms with Gasteiger partial charge in [-0.2, -0.15) is 0 Å². The van der Waals surface area contributed by atoms with Crippen LogP contribution < -0.4 is 14.8 Å². The maximum atomic E-state index is 13.1. The van der Waals surface area contributed by atoms with Crippen molar-refractivity contribution >= 4 is 22.7 Å². The Morgan fingerprint density at radius 3 is 2.31 bits per heavy atom. The van der Waals surface area contributed by atoms with Crippen molar-refractivity contribution < 1.29 is 23.1 Å². The minimum atomic E-state index is -0.330. The summed E-state index contributed by atoms with van der Waals surface area (Å²) >= 11 is 0. The molecule has 29 heavy (non-hydrogen) atoms. The number of oxazole rings is 1. The summed E-state index contributed by atoms with van der Waals surface area (Å²) in [5.74, 6) is 0.768. The van der Waals surface area contributed by atoms with Gasteiger partial charge in [0.15, 0.2) is 5.58 Å². The summed E-state index contributed by atoms with van der Waals surface area (Å²) in [5, 5.41) is 2.83. The standard InChI is InChI=1S/C22H17FN2O4/c1-27-17-9-14(10-18(12-17)28-2)21(26)24-16-7-8-20-19(11-16)25-22(29-20)13-3-5-15(23)6-4-13/h3-12H,1-2H3,(H,24,26). The summed E-state index contributed by atoms with van der Waals surface area (Å²) in [6.07, 6.45) is 0. The molecule has 1 N–H and O–H groups in total. The highest BCUT2D eigenvalue weighted by molar-refractivity contribution is 6.05. The molecular weight excluding hydrogens is 375 g/mol. The van der Waals surface area contributed by atoms with Crippen LogP contribution in [0.1, 0.15) is 10.4 Å². The third-order valence-electron chi connectivity index (χ3n) is 4.35. The molecular formula is C22H17FN2O4. The number of ether oxygens (including phenoxy) is 2. The average molecular weight is 392 g/mol. The van der Waals surface area contributed by atoms with E-state index in [1.807, 2.05) is 0 Å². The third-order valence-corrected chi connectivity index (χ3v) is 4.35. The van der Waals surface area contributed by atoms with Gasteiger partial charge < -0.3 is 19.2 Å². The van der Waals surface area contributed by atoms with E-state index in [1.54, 1.807) is 48.5 Å². The van der Waals surface area contributed by atoms with Gasteiger partial charge in [0, 0.05) is 22.9 Å². The number of rotatable bonds is 5. The van der Waals surface area contributed by atoms with Crippen molar-refractivity contribution in [1.82, 2.24) is 4.98 Å². The molecule has 0 saturated heterocycles. The number of nitrogens with one attached hydrogen (secondary N) is 1. The largest absolute Gasteiger partial charge is 0.497 e. The first-order valence-corrected chi connectivity index (χ1v) is 8.76. The number of halogens is 1. The zero-order chi connectivity index (χ0) is 20.4. The van der Waals surface area contributed by atoms with Gasteiger partial charge in [-0.05, 0) is 54.6 Å². The quantitative estimate of drug-likeness (QED) is 0.523. The second kappa shape index (κ2) is 7.63. The Bertz CT molecular complexity index is 1160. The summed E-state index contributed by atoms with van der Waals surface area (Å²) in [4.78, 5) is 17.1. The molecule has 1 aromatic heterocycles. The molecule has 146 valence electrons. The van der Waals surface area contributed by atoms with E-state index in [4.69, 9.17) is 13.9 Å². The lowest BCUT2D eigenvalue weighted by atomic mass is 10.1. The second-order valence-corrected chi connectivity index (χ2v) is 6.26. The predicted octanol–water partition coefficient (Wildman–Crippen LogP) is 4.90. The fraction of sp³-hybridized carbons (Fsp3) is 0.0909. The number of methoxy groups -OCH3 is 2. The molecule has 0 atom stereocenters. The van der Waals surface area contributed by atoms with Crippen molar-refractivity contribution in [2.24, 2.45) is 0 Å². The number of carbonyl (C=O) groups excluding carboxylic acids is 1. The topological polar surface area (TPSA) is 73.6 Å². The van der Waals surface area contributed by atoms with Crippen LogP contribution in [0.5, 0.6) is 11.5 Å². The molecule has 0 fully saturated rings. The maximum Gasteiger partial charge on any atom is 0.255 e. The SMILES string of the molecule is COc1cc(OC)cc(C(=O)Nc2ccc3oc(-c4ccc(F)cc4)nc3c2)c1. The Hall–Kier alpha value is -3.87. The normalized spacial score (nSPS) is 10.7. The van der Waals surface area contributed by atoms with Crippen LogP contribution in [0, 0.1) is 5.82 Å². The van der Waals surface area contributed by atoms with Gasteiger partial charge in [0.05, 0.1) is 14.2 Å². The monoisotopic (exact) mass is 392 g/mol. The van der Waals surface area contributed by atoms with Crippen LogP contribution >= 0.6 is 0 Å². The minimum absolute atomic E-state index is 0.316. The van der Waals surface area contributed by atoms with Crippen molar-refractivity contribution in [3.8, 4) is 23.0 Å². The molecule has 0 spiro atoms. The van der Waals surface area contributed by atoms with E-state index in [2.05, 4.69) is 10.3 Å². The first-order chi connectivity index (χ1) is 14.1. The summed E-state index contributed by atoms with van der Waals surface area (Å²) in [5.41, 5.74) is 2.75. The highest BCUT2D eigenvalue weighted by Crippen LogP contribution is 2.27. The zero-order valence-electron chi connectivity index (χ0n) is 15.7. The number of anilines is 1. The first-order valence-electron chi connectivity index (χ1n) is 8.76. The summed E-state index contributed by atoms with van der Waals surface area (Å²) < 4.78 is 29.2. The molecule has 0 saturated carbocycles. The number of benzene rings is 3. The summed E-state index contributed by atoms with van der Waals surface area (Å²) in [6, 6.07) is 16.0. The molecule has 4 aromatic rings. The Balaban J connectivity index is 1.60. The fourth-order valence-electron chi connectivity index (χ4n) is 2.86. The van der Waals surface area contributed by atoms with Crippen LogP contribution in [0.3, 0.4) is 0 Å². The molecule has 7 heteroatoms. The first kappa shape index (κ1) is 18.5. The van der Waals surface area contributed by atoms with E-state index < -0.39 is 0 Å². The van der Waals surface area contributed by atoms with Crippen molar-refractivity contribution in [2.75, 3.05) is 19.5 Å². The molecule has 3 aromatic carbocycles. The second-order valence-electron chi connectivity index (χ2n) is 6.26. The Kier molecular flexibility index (Phi) is 4.87. The highest BCUT2D eigenvalue weighted by Gasteiger charge is 2.13. The lowest BCUT2D eigenvalue weighted by Crippen LogP contribution is -2.12. The smallest absolute Gasteiger partial charge is 0.255 e. The van der Waals surface area contributed by atoms with Crippen LogP contribution in [0.2, 0.25) is 0 Å². The van der Waals surface area contributed by atoms with Crippen molar-refractivity contribution in [2.45, 2.75) is 0 Å². The fourth-order valence-corrected chi connectivity index (χ4v) is 2.86. The number of nitrogens with zero attached hydrogens (tertiary/aromatic N) is 1. The lowest BCUT2D eigenvalue weighted by Gasteiger charge is -2.09. The Labute approximate surface area is 165 Å². The maximum absolute atomic E-state index is 13.1. The van der Waals surface area contributed by atoms with E-state index in [1.165, 1.54) is 26.4 Å². The van der Waals surface area contributed by atoms with E-state index >= 15 is 0 Å². The molecule has 0 bridgehead atoms. The minimum Gasteiger partial charge on any atom is -0.497 e. The molecule has 6 nitrogen and oxygen atoms in total. The number of amides is 1. The van der Waals surface area contributed by atoms with Gasteiger partial charge >= 0.3 is 0 Å². The van der Waals surface area contributed by atoms with Crippen LogP contribution in [-0.2, 0) is 0 Å². The third kappa shape index (κ3) is 3.89. The van der Waals surface area contributed by atoms with Crippen molar-refractivity contribution in [3.05, 3.63) is 72.0 Å². The molecule has 1 amide bonds. The van der Waals surface area contributed by atoms with Gasteiger partial charge in [0.1, 0.15) is 22.8 Å². The summed E-state index contributed by atoms with van der Waals surface area (Å²) in [7, 11) is 3.04. The van der Waals surface area contributed by atoms with Gasteiger partial charge in [-0.15, -0.1) is 0 Å². The van der Waals surface area contributed by atoms with Crippen molar-refractivity contribution in [1.29, 1.82) is 0 Å². The molecule has 1 heterocycles. The summed E-state index contributed by atoms with van der Waals surface area (Å²) in [6.45, 7) is 0. The average Bonchev–Trinajstić information content (AvgIpc) is 3.17. The van der Waals surface area contributed by atoms with E-state index in [9.17, 15) is 9.18 Å². The van der Waals surface area contributed by atoms with Gasteiger partial charge in [0.2, 0.25) is 5.89 Å². The van der Waals surface area contributed by atoms with E-state index in [-0.39, 0.29) is 11.7 Å². The predicted molar refractivity (Wildman–Crippen MR) is 107 cm³/mol. The van der Waals surface area contributed by atoms with Crippen LogP contribution in [0.4, 0.5) is 10.1 Å². The van der Waals surface area contributed by atoms with Crippen molar-refractivity contribution in [3.63, 3.8) is 0 Å². The number of fused-ring (bicyclic) bond motifs is 1. The van der Waals surface area contributed by atoms with E-state index in [0.29, 0.717) is 45.3 Å². The highest BCUT2D eigenvalue weighted by atomic mass is 19.1. The molecule has 0 unspecified atom stereocenters. The number of hydrogen-bond acceptors (Lipinski definition) is 5. The van der Waals surface area contributed by atoms with Gasteiger partial charge in [-0.1, -0.05) is 0 Å². The molecule has 0 aliphatic rings. The number of aromatic nitrogens is 1. The Morgan fingerprint density at radius 1 is 0.966 bits per heavy atom. The lowest BCUT2D eigenvalue weighted by molar-refractivity contribution is 0.102. The molecule has 0 aliphatic carbocycles. The van der Waals surface area contributed by atoms with Crippen LogP contribution in [0.15, 0.2) is 65.1 Å². The zero-order valence-corrected chi connectivity index (χ0v) is 15.7. The van der Waals surface area contributed by atoms with Gasteiger partial charge in [-0.3, -0.25) is 4.79 Å². The van der Waals surface area contributed by atoms with Crippen LogP contribution in [0.25, 0.3) is 22.6 Å². The number of carbonyl (C=O) groups is 1. The van der Waals surface area contributed by atoms with Gasteiger partial charge in [-0.25, -0.2) is 9.37 Å². The molecule has 4 rings (SSSR count). The Morgan fingerprint density at radius 2 is 1.66 bits per heavy atom. The number of hydrogen-bond donors (Lipinski definition) is 1. The van der Waals surface area contributed by atoms with Crippen LogP contribution in [-0.4, -0.2) is 25.1 Å². The van der Waals surface area contributed by atoms with Gasteiger partial charge in [0.25, 0.3) is 5.91 Å².